The zero-order chi connectivity index (χ0) is 13.1. The van der Waals surface area contributed by atoms with Crippen LogP contribution in [0.1, 0.15) is 39.0 Å². The van der Waals surface area contributed by atoms with Gasteiger partial charge < -0.3 is 10.0 Å². The maximum Gasteiger partial charge on any atom is 0.326 e. The van der Waals surface area contributed by atoms with Crippen molar-refractivity contribution in [2.24, 2.45) is 11.8 Å². The van der Waals surface area contributed by atoms with Crippen LogP contribution < -0.4 is 0 Å². The van der Waals surface area contributed by atoms with Gasteiger partial charge >= 0.3 is 5.97 Å². The maximum atomic E-state index is 12.3. The summed E-state index contributed by atoms with van der Waals surface area (Å²) in [6.45, 7) is 2.69. The number of carboxylic acid groups (broad SMARTS) is 1. The molecule has 0 aromatic carbocycles. The molecular weight excluding hydrogens is 230 g/mol. The first kappa shape index (κ1) is 13.1. The van der Waals surface area contributed by atoms with Gasteiger partial charge in [-0.25, -0.2) is 4.79 Å². The molecule has 1 fully saturated rings. The molecule has 1 saturated heterocycles. The summed E-state index contributed by atoms with van der Waals surface area (Å²) in [7, 11) is 0. The van der Waals surface area contributed by atoms with E-state index in [1.54, 1.807) is 4.90 Å². The summed E-state index contributed by atoms with van der Waals surface area (Å²) >= 11 is 0. The predicted molar refractivity (Wildman–Crippen MR) is 68.0 cm³/mol. The van der Waals surface area contributed by atoms with E-state index in [9.17, 15) is 14.7 Å². The largest absolute Gasteiger partial charge is 0.480 e. The predicted octanol–water partition coefficient (Wildman–Crippen LogP) is 2.05. The van der Waals surface area contributed by atoms with Crippen molar-refractivity contribution < 1.29 is 14.7 Å². The van der Waals surface area contributed by atoms with E-state index in [1.807, 2.05) is 12.2 Å². The van der Waals surface area contributed by atoms with Crippen LogP contribution >= 0.6 is 0 Å². The number of amides is 1. The summed E-state index contributed by atoms with van der Waals surface area (Å²) in [5.74, 6) is -0.406. The first-order valence-electron chi connectivity index (χ1n) is 6.81. The van der Waals surface area contributed by atoms with Crippen molar-refractivity contribution in [2.75, 3.05) is 6.54 Å². The van der Waals surface area contributed by atoms with Gasteiger partial charge in [0.05, 0.1) is 0 Å². The van der Waals surface area contributed by atoms with Crippen LogP contribution in [-0.2, 0) is 9.59 Å². The third-order valence-corrected chi connectivity index (χ3v) is 4.21. The average molecular weight is 251 g/mol. The van der Waals surface area contributed by atoms with E-state index in [0.29, 0.717) is 18.9 Å². The normalized spacial score (nSPS) is 28.6. The number of aliphatic carboxylic acids is 1. The Bertz CT molecular complexity index is 356. The third kappa shape index (κ3) is 2.57. The number of carbonyl (C=O) groups is 2. The summed E-state index contributed by atoms with van der Waals surface area (Å²) in [6, 6.07) is -0.614. The summed E-state index contributed by atoms with van der Waals surface area (Å²) in [5, 5.41) is 9.30. The molecule has 4 nitrogen and oxygen atoms in total. The summed E-state index contributed by atoms with van der Waals surface area (Å²) < 4.78 is 0. The molecule has 1 amide bonds. The fourth-order valence-corrected chi connectivity index (χ4v) is 2.96. The quantitative estimate of drug-likeness (QED) is 0.781. The molecule has 0 saturated carbocycles. The van der Waals surface area contributed by atoms with Gasteiger partial charge in [-0.3, -0.25) is 4.79 Å². The molecule has 4 heteroatoms. The number of rotatable bonds is 3. The van der Waals surface area contributed by atoms with Crippen molar-refractivity contribution >= 4 is 11.9 Å². The van der Waals surface area contributed by atoms with Gasteiger partial charge in [0.2, 0.25) is 5.91 Å². The second-order valence-corrected chi connectivity index (χ2v) is 5.32. The molecule has 100 valence electrons. The lowest BCUT2D eigenvalue weighted by molar-refractivity contribution is -0.155. The lowest BCUT2D eigenvalue weighted by atomic mass is 9.88. The van der Waals surface area contributed by atoms with Gasteiger partial charge in [-0.05, 0) is 31.6 Å². The first-order valence-corrected chi connectivity index (χ1v) is 6.81. The highest BCUT2D eigenvalue weighted by atomic mass is 16.4. The van der Waals surface area contributed by atoms with Gasteiger partial charge in [-0.2, -0.15) is 0 Å². The molecule has 0 radical (unpaired) electrons. The number of likely N-dealkylation sites (tertiary alicyclic amines) is 1. The lowest BCUT2D eigenvalue weighted by Gasteiger charge is -2.38. The molecule has 1 N–H and O–H groups in total. The number of hydrogen-bond donors (Lipinski definition) is 1. The zero-order valence-electron chi connectivity index (χ0n) is 10.8. The fourth-order valence-electron chi connectivity index (χ4n) is 2.96. The molecule has 0 bridgehead atoms. The fraction of sp³-hybridized carbons (Fsp3) is 0.714. The van der Waals surface area contributed by atoms with Crippen molar-refractivity contribution in [3.63, 3.8) is 0 Å². The Balaban J connectivity index is 2.05. The smallest absolute Gasteiger partial charge is 0.326 e. The Hall–Kier alpha value is -1.32. The Morgan fingerprint density at radius 1 is 1.33 bits per heavy atom. The van der Waals surface area contributed by atoms with Gasteiger partial charge in [0.25, 0.3) is 0 Å². The number of carbonyl (C=O) groups excluding carboxylic acids is 1. The number of hydrogen-bond acceptors (Lipinski definition) is 2. The number of nitrogens with zero attached hydrogens (tertiary/aromatic N) is 1. The molecule has 2 atom stereocenters. The van der Waals surface area contributed by atoms with Crippen LogP contribution in [0.25, 0.3) is 0 Å². The second-order valence-electron chi connectivity index (χ2n) is 5.32. The van der Waals surface area contributed by atoms with E-state index in [-0.39, 0.29) is 11.8 Å². The highest BCUT2D eigenvalue weighted by Gasteiger charge is 2.37. The molecule has 18 heavy (non-hydrogen) atoms. The molecular formula is C14H21NO3. The van der Waals surface area contributed by atoms with E-state index in [2.05, 4.69) is 6.92 Å². The maximum absolute atomic E-state index is 12.3. The second kappa shape index (κ2) is 5.55. The molecule has 0 aromatic rings. The highest BCUT2D eigenvalue weighted by molar-refractivity contribution is 5.85. The van der Waals surface area contributed by atoms with Crippen LogP contribution in [0.3, 0.4) is 0 Å². The molecule has 2 rings (SSSR count). The third-order valence-electron chi connectivity index (χ3n) is 4.21. The first-order chi connectivity index (χ1) is 8.63. The average Bonchev–Trinajstić information content (AvgIpc) is 2.91. The van der Waals surface area contributed by atoms with Crippen LogP contribution in [0, 0.1) is 11.8 Å². The van der Waals surface area contributed by atoms with E-state index in [0.717, 1.165) is 25.7 Å². The van der Waals surface area contributed by atoms with E-state index >= 15 is 0 Å². The standard InChI is InChI=1S/C14H21NO3/c1-2-10-7-8-15(12(9-10)14(17)18)13(16)11-5-3-4-6-11/h3-4,10-12H,2,5-9H2,1H3,(H,17,18). The molecule has 1 aliphatic carbocycles. The highest BCUT2D eigenvalue weighted by Crippen LogP contribution is 2.29. The molecule has 1 aliphatic heterocycles. The Morgan fingerprint density at radius 2 is 2.00 bits per heavy atom. The Labute approximate surface area is 108 Å². The summed E-state index contributed by atoms with van der Waals surface area (Å²) in [6.07, 6.45) is 8.09. The SMILES string of the molecule is CCC1CCN(C(=O)C2CC=CC2)C(C(=O)O)C1. The van der Waals surface area contributed by atoms with Crippen LogP contribution in [-0.4, -0.2) is 34.5 Å². The van der Waals surface area contributed by atoms with E-state index < -0.39 is 12.0 Å². The Kier molecular flexibility index (Phi) is 4.04. The molecule has 1 heterocycles. The molecule has 0 spiro atoms. The van der Waals surface area contributed by atoms with Crippen molar-refractivity contribution in [2.45, 2.75) is 45.1 Å². The molecule has 2 aliphatic rings. The lowest BCUT2D eigenvalue weighted by Crippen LogP contribution is -2.51. The van der Waals surface area contributed by atoms with Crippen LogP contribution in [0.4, 0.5) is 0 Å². The minimum atomic E-state index is -0.854. The van der Waals surface area contributed by atoms with E-state index in [4.69, 9.17) is 0 Å². The van der Waals surface area contributed by atoms with Crippen molar-refractivity contribution in [3.8, 4) is 0 Å². The molecule has 0 aromatic heterocycles. The minimum Gasteiger partial charge on any atom is -0.480 e. The number of carboxylic acids is 1. The Morgan fingerprint density at radius 3 is 2.56 bits per heavy atom. The summed E-state index contributed by atoms with van der Waals surface area (Å²) in [4.78, 5) is 25.3. The van der Waals surface area contributed by atoms with Crippen LogP contribution in [0.2, 0.25) is 0 Å². The minimum absolute atomic E-state index is 0.0231. The van der Waals surface area contributed by atoms with Gasteiger partial charge in [0, 0.05) is 12.5 Å². The van der Waals surface area contributed by atoms with Gasteiger partial charge in [0.15, 0.2) is 0 Å². The molecule has 2 unspecified atom stereocenters. The van der Waals surface area contributed by atoms with Crippen molar-refractivity contribution in [3.05, 3.63) is 12.2 Å². The summed E-state index contributed by atoms with van der Waals surface area (Å²) in [5.41, 5.74) is 0. The van der Waals surface area contributed by atoms with Crippen LogP contribution in [0.5, 0.6) is 0 Å². The monoisotopic (exact) mass is 251 g/mol. The number of piperidine rings is 1. The van der Waals surface area contributed by atoms with Crippen molar-refractivity contribution in [1.29, 1.82) is 0 Å². The van der Waals surface area contributed by atoms with Gasteiger partial charge in [-0.15, -0.1) is 0 Å². The van der Waals surface area contributed by atoms with Gasteiger partial charge in [0.1, 0.15) is 6.04 Å². The zero-order valence-corrected chi connectivity index (χ0v) is 10.8. The topological polar surface area (TPSA) is 57.6 Å². The van der Waals surface area contributed by atoms with Gasteiger partial charge in [-0.1, -0.05) is 25.5 Å². The van der Waals surface area contributed by atoms with E-state index in [1.165, 1.54) is 0 Å². The van der Waals surface area contributed by atoms with Crippen molar-refractivity contribution in [1.82, 2.24) is 4.90 Å². The number of allylic oxidation sites excluding steroid dienone is 2. The van der Waals surface area contributed by atoms with Crippen LogP contribution in [0.15, 0.2) is 12.2 Å².